The number of fused-ring (bicyclic) bond motifs is 1. The Morgan fingerprint density at radius 2 is 2.11 bits per heavy atom. The fraction of sp³-hybridized carbons (Fsp3) is 0.462. The lowest BCUT2D eigenvalue weighted by Gasteiger charge is -2.31. The van der Waals surface area contributed by atoms with Crippen molar-refractivity contribution in [3.8, 4) is 0 Å². The number of aromatic amines is 1. The second-order valence-corrected chi connectivity index (χ2v) is 4.56. The van der Waals surface area contributed by atoms with Crippen molar-refractivity contribution < 1.29 is 4.39 Å². The summed E-state index contributed by atoms with van der Waals surface area (Å²) in [5, 5.41) is 3.34. The first-order chi connectivity index (χ1) is 8.62. The van der Waals surface area contributed by atoms with Gasteiger partial charge in [-0.1, -0.05) is 13.8 Å². The monoisotopic (exact) mass is 250 g/mol. The summed E-state index contributed by atoms with van der Waals surface area (Å²) in [6, 6.07) is 4.51. The largest absolute Gasteiger partial charge is 0.349 e. The molecule has 0 bridgehead atoms. The van der Waals surface area contributed by atoms with Crippen molar-refractivity contribution in [3.05, 3.63) is 24.0 Å². The molecule has 0 amide bonds. The third-order valence-corrected chi connectivity index (χ3v) is 3.57. The molecule has 0 fully saturated rings. The molecule has 0 spiro atoms. The van der Waals surface area contributed by atoms with E-state index in [1.165, 1.54) is 12.1 Å². The summed E-state index contributed by atoms with van der Waals surface area (Å²) in [5.74, 6) is 0.374. The van der Waals surface area contributed by atoms with E-state index in [2.05, 4.69) is 29.1 Å². The molecule has 4 nitrogen and oxygen atoms in total. The van der Waals surface area contributed by atoms with Crippen molar-refractivity contribution in [1.82, 2.24) is 9.97 Å². The van der Waals surface area contributed by atoms with Crippen molar-refractivity contribution in [2.24, 2.45) is 5.73 Å². The van der Waals surface area contributed by atoms with Crippen LogP contribution in [0.15, 0.2) is 18.2 Å². The van der Waals surface area contributed by atoms with Crippen LogP contribution < -0.4 is 11.1 Å². The summed E-state index contributed by atoms with van der Waals surface area (Å²) >= 11 is 0. The third-order valence-electron chi connectivity index (χ3n) is 3.57. The number of rotatable bonds is 5. The minimum atomic E-state index is -0.270. The normalized spacial score (nSPS) is 12.0. The molecule has 98 valence electrons. The molecule has 1 aromatic carbocycles. The van der Waals surface area contributed by atoms with Gasteiger partial charge < -0.3 is 16.0 Å². The fourth-order valence-corrected chi connectivity index (χ4v) is 2.06. The maximum Gasteiger partial charge on any atom is 0.201 e. The number of nitrogens with zero attached hydrogens (tertiary/aromatic N) is 1. The van der Waals surface area contributed by atoms with E-state index in [1.54, 1.807) is 6.07 Å². The number of hydrogen-bond acceptors (Lipinski definition) is 3. The molecule has 0 saturated carbocycles. The topological polar surface area (TPSA) is 66.7 Å². The van der Waals surface area contributed by atoms with Crippen molar-refractivity contribution in [2.45, 2.75) is 32.2 Å². The first-order valence-electron chi connectivity index (χ1n) is 6.26. The number of anilines is 1. The zero-order chi connectivity index (χ0) is 13.2. The number of nitrogens with two attached hydrogens (primary N) is 1. The Morgan fingerprint density at radius 3 is 2.72 bits per heavy atom. The molecule has 0 aliphatic carbocycles. The van der Waals surface area contributed by atoms with Gasteiger partial charge in [0.2, 0.25) is 5.95 Å². The van der Waals surface area contributed by atoms with E-state index in [4.69, 9.17) is 5.73 Å². The summed E-state index contributed by atoms with van der Waals surface area (Å²) in [6.07, 6.45) is 1.82. The summed E-state index contributed by atoms with van der Waals surface area (Å²) < 4.78 is 13.1. The molecular formula is C13H19FN4. The molecule has 1 aromatic heterocycles. The molecule has 18 heavy (non-hydrogen) atoms. The van der Waals surface area contributed by atoms with Crippen LogP contribution in [0.1, 0.15) is 26.7 Å². The lowest BCUT2D eigenvalue weighted by atomic mass is 9.93. The highest BCUT2D eigenvalue weighted by Gasteiger charge is 2.25. The van der Waals surface area contributed by atoms with E-state index >= 15 is 0 Å². The quantitative estimate of drug-likeness (QED) is 0.764. The molecular weight excluding hydrogens is 231 g/mol. The number of hydrogen-bond donors (Lipinski definition) is 3. The van der Waals surface area contributed by atoms with Crippen LogP contribution in [0, 0.1) is 5.82 Å². The lowest BCUT2D eigenvalue weighted by Crippen LogP contribution is -2.44. The Bertz CT molecular complexity index is 523. The molecule has 0 unspecified atom stereocenters. The molecule has 0 aliphatic rings. The van der Waals surface area contributed by atoms with Crippen LogP contribution in [0.3, 0.4) is 0 Å². The molecule has 4 N–H and O–H groups in total. The number of halogens is 1. The second-order valence-electron chi connectivity index (χ2n) is 4.56. The summed E-state index contributed by atoms with van der Waals surface area (Å²) in [5.41, 5.74) is 7.11. The van der Waals surface area contributed by atoms with Gasteiger partial charge in [-0.15, -0.1) is 0 Å². The number of nitrogens with one attached hydrogen (secondary N) is 2. The van der Waals surface area contributed by atoms with Crippen LogP contribution in [0.25, 0.3) is 11.0 Å². The molecule has 0 saturated heterocycles. The lowest BCUT2D eigenvalue weighted by molar-refractivity contribution is 0.442. The minimum Gasteiger partial charge on any atom is -0.349 e. The average molecular weight is 250 g/mol. The van der Waals surface area contributed by atoms with Crippen LogP contribution in [-0.2, 0) is 0 Å². The van der Waals surface area contributed by atoms with Crippen LogP contribution >= 0.6 is 0 Å². The maximum atomic E-state index is 13.1. The van der Waals surface area contributed by atoms with E-state index in [9.17, 15) is 4.39 Å². The van der Waals surface area contributed by atoms with Gasteiger partial charge in [0.25, 0.3) is 0 Å². The molecule has 1 heterocycles. The molecule has 0 aliphatic heterocycles. The van der Waals surface area contributed by atoms with Crippen LogP contribution in [0.5, 0.6) is 0 Å². The summed E-state index contributed by atoms with van der Waals surface area (Å²) in [6.45, 7) is 4.71. The maximum absolute atomic E-state index is 13.1. The highest BCUT2D eigenvalue weighted by atomic mass is 19.1. The van der Waals surface area contributed by atoms with Gasteiger partial charge in [-0.2, -0.15) is 0 Å². The molecule has 2 rings (SSSR count). The zero-order valence-corrected chi connectivity index (χ0v) is 10.8. The van der Waals surface area contributed by atoms with Crippen molar-refractivity contribution >= 4 is 17.0 Å². The van der Waals surface area contributed by atoms with E-state index in [0.717, 1.165) is 18.4 Å². The number of imidazole rings is 1. The van der Waals surface area contributed by atoms with Gasteiger partial charge in [0, 0.05) is 6.54 Å². The minimum absolute atomic E-state index is 0.160. The van der Waals surface area contributed by atoms with Crippen molar-refractivity contribution in [1.29, 1.82) is 0 Å². The Balaban J connectivity index is 2.31. The Labute approximate surface area is 106 Å². The first kappa shape index (κ1) is 12.8. The van der Waals surface area contributed by atoms with Gasteiger partial charge >= 0.3 is 0 Å². The molecule has 0 radical (unpaired) electrons. The SMILES string of the molecule is CCC(CC)(CN)Nc1nc2ccc(F)cc2[nH]1. The van der Waals surface area contributed by atoms with E-state index in [1.807, 2.05) is 0 Å². The van der Waals surface area contributed by atoms with Gasteiger partial charge in [-0.05, 0) is 31.0 Å². The van der Waals surface area contributed by atoms with Crippen molar-refractivity contribution in [2.75, 3.05) is 11.9 Å². The summed E-state index contributed by atoms with van der Waals surface area (Å²) in [7, 11) is 0. The van der Waals surface area contributed by atoms with Gasteiger partial charge in [0.1, 0.15) is 5.82 Å². The van der Waals surface area contributed by atoms with Gasteiger partial charge in [-0.3, -0.25) is 0 Å². The van der Waals surface area contributed by atoms with Crippen molar-refractivity contribution in [3.63, 3.8) is 0 Å². The van der Waals surface area contributed by atoms with Crippen LogP contribution in [0.2, 0.25) is 0 Å². The first-order valence-corrected chi connectivity index (χ1v) is 6.26. The fourth-order valence-electron chi connectivity index (χ4n) is 2.06. The summed E-state index contributed by atoms with van der Waals surface area (Å²) in [4.78, 5) is 7.47. The molecule has 2 aromatic rings. The Hall–Kier alpha value is -1.62. The van der Waals surface area contributed by atoms with E-state index in [0.29, 0.717) is 18.0 Å². The van der Waals surface area contributed by atoms with E-state index < -0.39 is 0 Å². The number of benzene rings is 1. The molecule has 0 atom stereocenters. The van der Waals surface area contributed by atoms with E-state index in [-0.39, 0.29) is 11.4 Å². The Kier molecular flexibility index (Phi) is 3.52. The highest BCUT2D eigenvalue weighted by Crippen LogP contribution is 2.22. The van der Waals surface area contributed by atoms with Crippen LogP contribution in [-0.4, -0.2) is 22.1 Å². The third kappa shape index (κ3) is 2.31. The van der Waals surface area contributed by atoms with Crippen LogP contribution in [0.4, 0.5) is 10.3 Å². The molecule has 5 heteroatoms. The standard InChI is InChI=1S/C13H19FN4/c1-3-13(4-2,8-15)18-12-16-10-6-5-9(14)7-11(10)17-12/h5-7H,3-4,8,15H2,1-2H3,(H2,16,17,18). The zero-order valence-electron chi connectivity index (χ0n) is 10.8. The average Bonchev–Trinajstić information content (AvgIpc) is 2.77. The predicted octanol–water partition coefficient (Wildman–Crippen LogP) is 2.63. The highest BCUT2D eigenvalue weighted by molar-refractivity contribution is 5.77. The van der Waals surface area contributed by atoms with Gasteiger partial charge in [-0.25, -0.2) is 9.37 Å². The predicted molar refractivity (Wildman–Crippen MR) is 72.0 cm³/mol. The number of H-pyrrole nitrogens is 1. The van der Waals surface area contributed by atoms with Gasteiger partial charge in [0.15, 0.2) is 0 Å². The number of aromatic nitrogens is 2. The second kappa shape index (κ2) is 4.94. The smallest absolute Gasteiger partial charge is 0.201 e. The van der Waals surface area contributed by atoms with Gasteiger partial charge in [0.05, 0.1) is 16.6 Å². The Morgan fingerprint density at radius 1 is 1.39 bits per heavy atom.